The van der Waals surface area contributed by atoms with Crippen molar-refractivity contribution < 1.29 is 0 Å². The molecule has 1 N–H and O–H groups in total. The second-order valence-corrected chi connectivity index (χ2v) is 6.98. The molecule has 2 aromatic rings. The quantitative estimate of drug-likeness (QED) is 0.921. The first-order valence-corrected chi connectivity index (χ1v) is 8.50. The number of fused-ring (bicyclic) bond motifs is 1. The van der Waals surface area contributed by atoms with E-state index in [9.17, 15) is 0 Å². The molecule has 20 heavy (non-hydrogen) atoms. The van der Waals surface area contributed by atoms with Gasteiger partial charge in [0.15, 0.2) is 5.82 Å². The minimum absolute atomic E-state index is 0.526. The van der Waals surface area contributed by atoms with Crippen molar-refractivity contribution in [3.63, 3.8) is 0 Å². The highest BCUT2D eigenvalue weighted by Crippen LogP contribution is 2.32. The summed E-state index contributed by atoms with van der Waals surface area (Å²) in [6.45, 7) is 5.31. The van der Waals surface area contributed by atoms with Crippen molar-refractivity contribution in [2.45, 2.75) is 64.3 Å². The lowest BCUT2D eigenvalue weighted by Crippen LogP contribution is -2.24. The van der Waals surface area contributed by atoms with Crippen molar-refractivity contribution in [1.29, 1.82) is 0 Å². The van der Waals surface area contributed by atoms with E-state index >= 15 is 0 Å². The predicted octanol–water partition coefficient (Wildman–Crippen LogP) is 2.77. The van der Waals surface area contributed by atoms with Gasteiger partial charge in [-0.1, -0.05) is 44.4 Å². The van der Waals surface area contributed by atoms with Crippen molar-refractivity contribution >= 4 is 16.3 Å². The molecular weight excluding hydrogens is 270 g/mol. The Morgan fingerprint density at radius 2 is 2.05 bits per heavy atom. The molecule has 110 valence electrons. The highest BCUT2D eigenvalue weighted by atomic mass is 32.1. The molecule has 0 amide bonds. The van der Waals surface area contributed by atoms with Crippen molar-refractivity contribution in [2.75, 3.05) is 6.54 Å². The summed E-state index contributed by atoms with van der Waals surface area (Å²) in [5.41, 5.74) is 0. The largest absolute Gasteiger partial charge is 0.314 e. The molecular formula is C14H23N5S. The van der Waals surface area contributed by atoms with Gasteiger partial charge in [-0.3, -0.25) is 0 Å². The van der Waals surface area contributed by atoms with E-state index in [1.807, 2.05) is 4.52 Å². The van der Waals surface area contributed by atoms with Crippen molar-refractivity contribution in [3.05, 3.63) is 10.8 Å². The molecule has 3 rings (SSSR count). The molecule has 0 atom stereocenters. The van der Waals surface area contributed by atoms with Crippen LogP contribution in [0, 0.1) is 0 Å². The van der Waals surface area contributed by atoms with Crippen LogP contribution in [0.3, 0.4) is 0 Å². The van der Waals surface area contributed by atoms with Gasteiger partial charge in [0.25, 0.3) is 0 Å². The molecule has 1 fully saturated rings. The monoisotopic (exact) mass is 293 g/mol. The van der Waals surface area contributed by atoms with Crippen molar-refractivity contribution in [3.8, 4) is 0 Å². The summed E-state index contributed by atoms with van der Waals surface area (Å²) in [5, 5.41) is 18.0. The molecule has 0 saturated heterocycles. The van der Waals surface area contributed by atoms with E-state index in [-0.39, 0.29) is 0 Å². The maximum Gasteiger partial charge on any atom is 0.234 e. The highest BCUT2D eigenvalue weighted by molar-refractivity contribution is 7.16. The molecule has 1 aliphatic carbocycles. The Hall–Kier alpha value is -1.01. The first-order chi connectivity index (χ1) is 9.74. The third kappa shape index (κ3) is 3.01. The van der Waals surface area contributed by atoms with Crippen LogP contribution in [0.4, 0.5) is 0 Å². The molecule has 0 bridgehead atoms. The van der Waals surface area contributed by atoms with Crippen LogP contribution in [0.25, 0.3) is 4.96 Å². The summed E-state index contributed by atoms with van der Waals surface area (Å²) in [5.74, 6) is 1.64. The van der Waals surface area contributed by atoms with Crippen LogP contribution in [0.1, 0.15) is 62.7 Å². The molecule has 0 aliphatic heterocycles. The summed E-state index contributed by atoms with van der Waals surface area (Å²) in [4.78, 5) is 0.949. The fourth-order valence-electron chi connectivity index (χ4n) is 2.86. The van der Waals surface area contributed by atoms with Gasteiger partial charge in [-0.15, -0.1) is 10.2 Å². The SMILES string of the molecule is CC(C)NCCc1nn2c(C3CCCCC3)nnc2s1. The van der Waals surface area contributed by atoms with Gasteiger partial charge < -0.3 is 5.32 Å². The van der Waals surface area contributed by atoms with Crippen LogP contribution >= 0.6 is 11.3 Å². The zero-order chi connectivity index (χ0) is 13.9. The van der Waals surface area contributed by atoms with Crippen LogP contribution in [-0.2, 0) is 6.42 Å². The second kappa shape index (κ2) is 6.18. The van der Waals surface area contributed by atoms with Gasteiger partial charge in [-0.2, -0.15) is 9.61 Å². The zero-order valence-electron chi connectivity index (χ0n) is 12.3. The normalized spacial score (nSPS) is 17.4. The topological polar surface area (TPSA) is 55.1 Å². The van der Waals surface area contributed by atoms with E-state index in [0.717, 1.165) is 28.8 Å². The standard InChI is InChI=1S/C14H23N5S/c1-10(2)15-9-8-12-18-19-13(16-17-14(19)20-12)11-6-4-3-5-7-11/h10-11,15H,3-9H2,1-2H3. The van der Waals surface area contributed by atoms with Crippen LogP contribution in [-0.4, -0.2) is 32.4 Å². The molecule has 1 saturated carbocycles. The number of nitrogens with one attached hydrogen (secondary N) is 1. The fourth-order valence-corrected chi connectivity index (χ4v) is 3.70. The first kappa shape index (κ1) is 13.9. The van der Waals surface area contributed by atoms with Gasteiger partial charge in [0.2, 0.25) is 4.96 Å². The van der Waals surface area contributed by atoms with Crippen LogP contribution in [0.15, 0.2) is 0 Å². The number of rotatable bonds is 5. The summed E-state index contributed by atoms with van der Waals surface area (Å²) >= 11 is 1.67. The summed E-state index contributed by atoms with van der Waals surface area (Å²) in [7, 11) is 0. The molecule has 6 heteroatoms. The van der Waals surface area contributed by atoms with Gasteiger partial charge in [-0.25, -0.2) is 0 Å². The highest BCUT2D eigenvalue weighted by Gasteiger charge is 2.22. The number of hydrogen-bond acceptors (Lipinski definition) is 5. The second-order valence-electron chi connectivity index (χ2n) is 5.94. The predicted molar refractivity (Wildman–Crippen MR) is 81.3 cm³/mol. The molecule has 0 spiro atoms. The van der Waals surface area contributed by atoms with E-state index < -0.39 is 0 Å². The maximum absolute atomic E-state index is 4.71. The summed E-state index contributed by atoms with van der Waals surface area (Å²) in [6, 6.07) is 0.526. The Morgan fingerprint density at radius 3 is 2.80 bits per heavy atom. The average molecular weight is 293 g/mol. The number of aromatic nitrogens is 4. The van der Waals surface area contributed by atoms with E-state index in [1.165, 1.54) is 32.1 Å². The Labute approximate surface area is 123 Å². The third-order valence-corrected chi connectivity index (χ3v) is 4.88. The minimum atomic E-state index is 0.526. The smallest absolute Gasteiger partial charge is 0.234 e. The molecule has 1 aliphatic rings. The Kier molecular flexibility index (Phi) is 4.31. The molecule has 5 nitrogen and oxygen atoms in total. The lowest BCUT2D eigenvalue weighted by Gasteiger charge is -2.18. The summed E-state index contributed by atoms with van der Waals surface area (Å²) in [6.07, 6.45) is 7.44. The van der Waals surface area contributed by atoms with Gasteiger partial charge in [0.1, 0.15) is 5.01 Å². The molecule has 0 aromatic carbocycles. The van der Waals surface area contributed by atoms with E-state index in [4.69, 9.17) is 5.10 Å². The molecule has 2 heterocycles. The average Bonchev–Trinajstić information content (AvgIpc) is 2.99. The van der Waals surface area contributed by atoms with Gasteiger partial charge in [0.05, 0.1) is 0 Å². The van der Waals surface area contributed by atoms with Crippen molar-refractivity contribution in [2.24, 2.45) is 0 Å². The van der Waals surface area contributed by atoms with E-state index in [0.29, 0.717) is 12.0 Å². The van der Waals surface area contributed by atoms with Gasteiger partial charge >= 0.3 is 0 Å². The number of nitrogens with zero attached hydrogens (tertiary/aromatic N) is 4. The molecule has 2 aromatic heterocycles. The first-order valence-electron chi connectivity index (χ1n) is 7.68. The lowest BCUT2D eigenvalue weighted by molar-refractivity contribution is 0.423. The van der Waals surface area contributed by atoms with Crippen LogP contribution in [0.5, 0.6) is 0 Å². The minimum Gasteiger partial charge on any atom is -0.314 e. The van der Waals surface area contributed by atoms with Gasteiger partial charge in [-0.05, 0) is 12.8 Å². The summed E-state index contributed by atoms with van der Waals surface area (Å²) < 4.78 is 1.99. The maximum atomic E-state index is 4.71. The van der Waals surface area contributed by atoms with Crippen molar-refractivity contribution in [1.82, 2.24) is 25.1 Å². The van der Waals surface area contributed by atoms with E-state index in [2.05, 4.69) is 29.4 Å². The van der Waals surface area contributed by atoms with Gasteiger partial charge in [0, 0.05) is 24.9 Å². The number of hydrogen-bond donors (Lipinski definition) is 1. The Morgan fingerprint density at radius 1 is 1.25 bits per heavy atom. The van der Waals surface area contributed by atoms with Crippen LogP contribution < -0.4 is 5.32 Å². The van der Waals surface area contributed by atoms with E-state index in [1.54, 1.807) is 11.3 Å². The molecule has 0 radical (unpaired) electrons. The third-order valence-electron chi connectivity index (χ3n) is 3.92. The Bertz CT molecular complexity index is 553. The van der Waals surface area contributed by atoms with Crippen LogP contribution in [0.2, 0.25) is 0 Å². The fraction of sp³-hybridized carbons (Fsp3) is 0.786. The Balaban J connectivity index is 1.72. The zero-order valence-corrected chi connectivity index (χ0v) is 13.1. The molecule has 0 unspecified atom stereocenters. The lowest BCUT2D eigenvalue weighted by atomic mass is 9.89.